The van der Waals surface area contributed by atoms with Gasteiger partial charge in [0.05, 0.1) is 12.7 Å². The molecular formula is C11H10F3NO2. The zero-order valence-electron chi connectivity index (χ0n) is 9.21. The van der Waals surface area contributed by atoms with Crippen LogP contribution in [0.25, 0.3) is 0 Å². The molecule has 0 fully saturated rings. The molecule has 0 N–H and O–H groups in total. The summed E-state index contributed by atoms with van der Waals surface area (Å²) < 4.78 is 46.3. The lowest BCUT2D eigenvalue weighted by Gasteiger charge is -2.18. The molecule has 0 heterocycles. The van der Waals surface area contributed by atoms with E-state index in [2.05, 4.69) is 0 Å². The molecule has 0 bridgehead atoms. The average Bonchev–Trinajstić information content (AvgIpc) is 2.27. The summed E-state index contributed by atoms with van der Waals surface area (Å²) in [4.78, 5) is 0. The second kappa shape index (κ2) is 4.95. The third-order valence-corrected chi connectivity index (χ3v) is 2.07. The highest BCUT2D eigenvalue weighted by atomic mass is 19.4. The zero-order valence-corrected chi connectivity index (χ0v) is 9.21. The lowest BCUT2D eigenvalue weighted by atomic mass is 10.2. The Hall–Kier alpha value is -1.90. The number of hydrogen-bond donors (Lipinski definition) is 0. The van der Waals surface area contributed by atoms with Gasteiger partial charge in [-0.3, -0.25) is 0 Å². The molecule has 1 aromatic carbocycles. The summed E-state index contributed by atoms with van der Waals surface area (Å²) in [7, 11) is 1.33. The monoisotopic (exact) mass is 245 g/mol. The molecule has 0 saturated heterocycles. The van der Waals surface area contributed by atoms with E-state index in [1.807, 2.05) is 6.07 Å². The van der Waals surface area contributed by atoms with E-state index >= 15 is 0 Å². The molecule has 0 unspecified atom stereocenters. The van der Waals surface area contributed by atoms with Gasteiger partial charge in [0, 0.05) is 6.07 Å². The van der Waals surface area contributed by atoms with Gasteiger partial charge in [0.1, 0.15) is 17.6 Å². The number of rotatable bonds is 3. The Morgan fingerprint density at radius 3 is 2.47 bits per heavy atom. The van der Waals surface area contributed by atoms with E-state index < -0.39 is 12.3 Å². The van der Waals surface area contributed by atoms with Crippen molar-refractivity contribution in [2.24, 2.45) is 0 Å². The van der Waals surface area contributed by atoms with Gasteiger partial charge < -0.3 is 9.47 Å². The molecule has 1 atom stereocenters. The number of ether oxygens (including phenoxy) is 2. The fraction of sp³-hybridized carbons (Fsp3) is 0.364. The van der Waals surface area contributed by atoms with Crippen LogP contribution in [0.15, 0.2) is 18.2 Å². The number of benzene rings is 1. The Morgan fingerprint density at radius 2 is 2.00 bits per heavy atom. The van der Waals surface area contributed by atoms with Crippen molar-refractivity contribution < 1.29 is 22.6 Å². The molecule has 1 rings (SSSR count). The molecule has 0 radical (unpaired) electrons. The van der Waals surface area contributed by atoms with Crippen molar-refractivity contribution in [1.82, 2.24) is 0 Å². The number of nitrogens with zero attached hydrogens (tertiary/aromatic N) is 1. The van der Waals surface area contributed by atoms with E-state index in [1.165, 1.54) is 25.3 Å². The molecule has 1 aromatic rings. The minimum atomic E-state index is -4.43. The predicted molar refractivity (Wildman–Crippen MR) is 53.9 cm³/mol. The Labute approximate surface area is 96.4 Å². The van der Waals surface area contributed by atoms with E-state index in [1.54, 1.807) is 0 Å². The Balaban J connectivity index is 2.91. The first-order valence-corrected chi connectivity index (χ1v) is 4.70. The molecular weight excluding hydrogens is 235 g/mol. The third-order valence-electron chi connectivity index (χ3n) is 2.07. The van der Waals surface area contributed by atoms with E-state index in [4.69, 9.17) is 14.7 Å². The topological polar surface area (TPSA) is 42.2 Å². The van der Waals surface area contributed by atoms with E-state index in [-0.39, 0.29) is 17.1 Å². The maximum Gasteiger partial charge on any atom is 0.425 e. The zero-order chi connectivity index (χ0) is 13.1. The molecule has 6 heteroatoms. The van der Waals surface area contributed by atoms with Crippen LogP contribution in [0.3, 0.4) is 0 Å². The summed E-state index contributed by atoms with van der Waals surface area (Å²) in [5.41, 5.74) is 0.236. The van der Waals surface area contributed by atoms with Crippen LogP contribution in [0, 0.1) is 11.3 Å². The summed E-state index contributed by atoms with van der Waals surface area (Å²) in [5.74, 6) is 0.185. The van der Waals surface area contributed by atoms with Crippen LogP contribution in [0.4, 0.5) is 13.2 Å². The molecule has 3 nitrogen and oxygen atoms in total. The summed E-state index contributed by atoms with van der Waals surface area (Å²) in [6.07, 6.45) is -6.35. The first kappa shape index (κ1) is 13.2. The fourth-order valence-corrected chi connectivity index (χ4v) is 1.11. The van der Waals surface area contributed by atoms with Crippen LogP contribution in [-0.2, 0) is 0 Å². The second-order valence-corrected chi connectivity index (χ2v) is 3.28. The minimum Gasteiger partial charge on any atom is -0.495 e. The van der Waals surface area contributed by atoms with E-state index in [9.17, 15) is 13.2 Å². The first-order valence-electron chi connectivity index (χ1n) is 4.70. The minimum absolute atomic E-state index is 0.00525. The van der Waals surface area contributed by atoms with Crippen LogP contribution in [-0.4, -0.2) is 19.4 Å². The smallest absolute Gasteiger partial charge is 0.425 e. The van der Waals surface area contributed by atoms with Crippen LogP contribution in [0.2, 0.25) is 0 Å². The molecule has 0 aromatic heterocycles. The summed E-state index contributed by atoms with van der Waals surface area (Å²) in [6, 6.07) is 5.74. The van der Waals surface area contributed by atoms with Gasteiger partial charge in [-0.25, -0.2) is 0 Å². The average molecular weight is 245 g/mol. The summed E-state index contributed by atoms with van der Waals surface area (Å²) in [6.45, 7) is 0.907. The van der Waals surface area contributed by atoms with Gasteiger partial charge in [0.15, 0.2) is 6.10 Å². The molecule has 0 amide bonds. The maximum absolute atomic E-state index is 12.3. The van der Waals surface area contributed by atoms with Gasteiger partial charge >= 0.3 is 6.18 Å². The van der Waals surface area contributed by atoms with Gasteiger partial charge in [-0.15, -0.1) is 0 Å². The highest BCUT2D eigenvalue weighted by Crippen LogP contribution is 2.28. The number of methoxy groups -OCH3 is 1. The van der Waals surface area contributed by atoms with Crippen molar-refractivity contribution in [3.05, 3.63) is 23.8 Å². The number of alkyl halides is 3. The van der Waals surface area contributed by atoms with Crippen molar-refractivity contribution in [3.8, 4) is 17.6 Å². The molecule has 0 aliphatic carbocycles. The van der Waals surface area contributed by atoms with Crippen molar-refractivity contribution in [1.29, 1.82) is 5.26 Å². The molecule has 17 heavy (non-hydrogen) atoms. The standard InChI is InChI=1S/C11H10F3NO2/c1-7(11(12,13)14)17-9-4-3-8(6-15)10(5-9)16-2/h3-5,7H,1-2H3/t7-/m0/s1. The lowest BCUT2D eigenvalue weighted by molar-refractivity contribution is -0.189. The first-order chi connectivity index (χ1) is 7.88. The summed E-state index contributed by atoms with van der Waals surface area (Å²) >= 11 is 0. The lowest BCUT2D eigenvalue weighted by Crippen LogP contribution is -2.31. The molecule has 0 aliphatic rings. The van der Waals surface area contributed by atoms with Gasteiger partial charge in [0.2, 0.25) is 0 Å². The van der Waals surface area contributed by atoms with E-state index in [0.717, 1.165) is 6.92 Å². The Kier molecular flexibility index (Phi) is 3.84. The normalized spacial score (nSPS) is 12.7. The van der Waals surface area contributed by atoms with Gasteiger partial charge in [0.25, 0.3) is 0 Å². The molecule has 92 valence electrons. The van der Waals surface area contributed by atoms with Crippen LogP contribution < -0.4 is 9.47 Å². The molecule has 0 spiro atoms. The van der Waals surface area contributed by atoms with Crippen LogP contribution >= 0.6 is 0 Å². The van der Waals surface area contributed by atoms with Gasteiger partial charge in [-0.05, 0) is 19.1 Å². The Morgan fingerprint density at radius 1 is 1.35 bits per heavy atom. The maximum atomic E-state index is 12.3. The third kappa shape index (κ3) is 3.28. The summed E-state index contributed by atoms with van der Waals surface area (Å²) in [5, 5.41) is 8.70. The second-order valence-electron chi connectivity index (χ2n) is 3.28. The van der Waals surface area contributed by atoms with Crippen molar-refractivity contribution in [2.75, 3.05) is 7.11 Å². The van der Waals surface area contributed by atoms with Gasteiger partial charge in [-0.1, -0.05) is 0 Å². The Bertz CT molecular complexity index is 437. The SMILES string of the molecule is COc1cc(O[C@@H](C)C(F)(F)F)ccc1C#N. The van der Waals surface area contributed by atoms with E-state index in [0.29, 0.717) is 0 Å². The van der Waals surface area contributed by atoms with Gasteiger partial charge in [-0.2, -0.15) is 18.4 Å². The highest BCUT2D eigenvalue weighted by molar-refractivity contribution is 5.47. The highest BCUT2D eigenvalue weighted by Gasteiger charge is 2.38. The predicted octanol–water partition coefficient (Wildman–Crippen LogP) is 2.90. The number of nitriles is 1. The van der Waals surface area contributed by atoms with Crippen molar-refractivity contribution in [2.45, 2.75) is 19.2 Å². The quantitative estimate of drug-likeness (QED) is 0.822. The van der Waals surface area contributed by atoms with Crippen molar-refractivity contribution in [3.63, 3.8) is 0 Å². The number of halogens is 3. The number of hydrogen-bond acceptors (Lipinski definition) is 3. The van der Waals surface area contributed by atoms with Crippen LogP contribution in [0.5, 0.6) is 11.5 Å². The largest absolute Gasteiger partial charge is 0.495 e. The van der Waals surface area contributed by atoms with Crippen LogP contribution in [0.1, 0.15) is 12.5 Å². The fourth-order valence-electron chi connectivity index (χ4n) is 1.11. The van der Waals surface area contributed by atoms with Crippen molar-refractivity contribution >= 4 is 0 Å². The molecule has 0 aliphatic heterocycles. The molecule has 0 saturated carbocycles.